The molecular formula is C19H29N5O2S. The molecule has 2 rings (SSSR count). The van der Waals surface area contributed by atoms with Crippen molar-refractivity contribution in [3.05, 3.63) is 42.0 Å². The lowest BCUT2D eigenvalue weighted by molar-refractivity contribution is 0.405. The molecular weight excluding hydrogens is 362 g/mol. The third kappa shape index (κ3) is 6.48. The van der Waals surface area contributed by atoms with E-state index in [1.807, 2.05) is 26.2 Å². The molecule has 0 aliphatic rings. The molecule has 7 nitrogen and oxygen atoms in total. The highest BCUT2D eigenvalue weighted by Gasteiger charge is 2.18. The molecule has 0 fully saturated rings. The summed E-state index contributed by atoms with van der Waals surface area (Å²) in [4.78, 5) is 2.31. The first-order valence-electron chi connectivity index (χ1n) is 8.94. The Balaban J connectivity index is 1.99. The molecule has 0 spiro atoms. The second kappa shape index (κ2) is 8.67. The van der Waals surface area contributed by atoms with Gasteiger partial charge in [-0.3, -0.25) is 4.72 Å². The van der Waals surface area contributed by atoms with Gasteiger partial charge in [0.1, 0.15) is 5.82 Å². The van der Waals surface area contributed by atoms with E-state index in [0.717, 1.165) is 25.1 Å². The van der Waals surface area contributed by atoms with Gasteiger partial charge in [-0.05, 0) is 62.3 Å². The van der Waals surface area contributed by atoms with Crippen molar-refractivity contribution in [1.82, 2.24) is 15.1 Å². The maximum atomic E-state index is 12.5. The van der Waals surface area contributed by atoms with Gasteiger partial charge in [0.2, 0.25) is 0 Å². The molecule has 1 aromatic carbocycles. The molecule has 148 valence electrons. The normalized spacial score (nSPS) is 12.2. The highest BCUT2D eigenvalue weighted by atomic mass is 32.2. The van der Waals surface area contributed by atoms with E-state index >= 15 is 0 Å². The summed E-state index contributed by atoms with van der Waals surface area (Å²) in [7, 11) is 0.353. The maximum absolute atomic E-state index is 12.5. The van der Waals surface area contributed by atoms with E-state index in [9.17, 15) is 8.42 Å². The van der Waals surface area contributed by atoms with Crippen LogP contribution in [0.1, 0.15) is 32.8 Å². The van der Waals surface area contributed by atoms with Crippen molar-refractivity contribution < 1.29 is 8.42 Å². The van der Waals surface area contributed by atoms with E-state index < -0.39 is 10.0 Å². The van der Waals surface area contributed by atoms with Gasteiger partial charge in [-0.15, -0.1) is 10.2 Å². The van der Waals surface area contributed by atoms with Crippen molar-refractivity contribution in [2.24, 2.45) is 0 Å². The second-order valence-corrected chi connectivity index (χ2v) is 9.45. The maximum Gasteiger partial charge on any atom is 0.263 e. The fourth-order valence-corrected chi connectivity index (χ4v) is 3.42. The number of nitrogens with zero attached hydrogens (tertiary/aromatic N) is 3. The fraction of sp³-hybridized carbons (Fsp3) is 0.474. The number of hydrogen-bond donors (Lipinski definition) is 2. The van der Waals surface area contributed by atoms with E-state index in [1.165, 1.54) is 0 Å². The molecule has 0 bridgehead atoms. The van der Waals surface area contributed by atoms with E-state index in [4.69, 9.17) is 0 Å². The van der Waals surface area contributed by atoms with Gasteiger partial charge in [-0.25, -0.2) is 8.42 Å². The summed E-state index contributed by atoms with van der Waals surface area (Å²) in [5.41, 5.74) is 1.04. The van der Waals surface area contributed by atoms with Gasteiger partial charge < -0.3 is 10.2 Å². The van der Waals surface area contributed by atoms with Crippen LogP contribution in [0.5, 0.6) is 0 Å². The Bertz CT molecular complexity index is 826. The van der Waals surface area contributed by atoms with Crippen molar-refractivity contribution in [2.45, 2.75) is 37.5 Å². The van der Waals surface area contributed by atoms with Crippen LogP contribution in [-0.2, 0) is 15.4 Å². The van der Waals surface area contributed by atoms with E-state index in [1.54, 1.807) is 24.3 Å². The lowest BCUT2D eigenvalue weighted by Crippen LogP contribution is -2.17. The summed E-state index contributed by atoms with van der Waals surface area (Å²) in [5.74, 6) is 0.806. The van der Waals surface area contributed by atoms with Crippen LogP contribution in [0.25, 0.3) is 0 Å². The minimum Gasteiger partial charge on any atom is -0.369 e. The predicted octanol–water partition coefficient (Wildman–Crippen LogP) is 2.94. The van der Waals surface area contributed by atoms with Crippen molar-refractivity contribution in [2.75, 3.05) is 37.2 Å². The molecule has 27 heavy (non-hydrogen) atoms. The minimum atomic E-state index is -3.70. The molecule has 0 aliphatic heterocycles. The van der Waals surface area contributed by atoms with Gasteiger partial charge in [-0.1, -0.05) is 32.9 Å². The Labute approximate surface area is 162 Å². The van der Waals surface area contributed by atoms with E-state index in [2.05, 4.69) is 45.9 Å². The van der Waals surface area contributed by atoms with Crippen LogP contribution in [0.2, 0.25) is 0 Å². The average molecular weight is 392 g/mol. The SMILES string of the molecule is CN(C)CCCNc1ccc(NS(=O)(=O)c2ccc(C(C)(C)C)cc2)nn1. The molecule has 2 N–H and O–H groups in total. The number of rotatable bonds is 8. The number of anilines is 2. The lowest BCUT2D eigenvalue weighted by Gasteiger charge is -2.19. The highest BCUT2D eigenvalue weighted by molar-refractivity contribution is 7.92. The fourth-order valence-electron chi connectivity index (χ4n) is 2.42. The summed E-state index contributed by atoms with van der Waals surface area (Å²) in [5, 5.41) is 11.1. The van der Waals surface area contributed by atoms with Crippen LogP contribution in [0.4, 0.5) is 11.6 Å². The number of benzene rings is 1. The zero-order chi connectivity index (χ0) is 20.1. The number of hydrogen-bond acceptors (Lipinski definition) is 6. The number of nitrogens with one attached hydrogen (secondary N) is 2. The second-order valence-electron chi connectivity index (χ2n) is 7.77. The van der Waals surface area contributed by atoms with Crippen molar-refractivity contribution in [3.8, 4) is 0 Å². The lowest BCUT2D eigenvalue weighted by atomic mass is 9.87. The van der Waals surface area contributed by atoms with E-state index in [-0.39, 0.29) is 16.1 Å². The summed E-state index contributed by atoms with van der Waals surface area (Å²) >= 11 is 0. The van der Waals surface area contributed by atoms with E-state index in [0.29, 0.717) is 5.82 Å². The highest BCUT2D eigenvalue weighted by Crippen LogP contribution is 2.24. The molecule has 0 amide bonds. The van der Waals surface area contributed by atoms with Gasteiger partial charge in [0.05, 0.1) is 4.90 Å². The summed E-state index contributed by atoms with van der Waals surface area (Å²) in [6.45, 7) is 8.01. The van der Waals surface area contributed by atoms with Gasteiger partial charge >= 0.3 is 0 Å². The van der Waals surface area contributed by atoms with Crippen LogP contribution in [0.15, 0.2) is 41.3 Å². The van der Waals surface area contributed by atoms with Gasteiger partial charge in [-0.2, -0.15) is 0 Å². The third-order valence-electron chi connectivity index (χ3n) is 4.02. The van der Waals surface area contributed by atoms with Crippen LogP contribution >= 0.6 is 0 Å². The zero-order valence-corrected chi connectivity index (χ0v) is 17.5. The van der Waals surface area contributed by atoms with Crippen LogP contribution < -0.4 is 10.0 Å². The monoisotopic (exact) mass is 391 g/mol. The Morgan fingerprint density at radius 2 is 1.56 bits per heavy atom. The van der Waals surface area contributed by atoms with Crippen LogP contribution in [0, 0.1) is 0 Å². The van der Waals surface area contributed by atoms with Crippen LogP contribution in [-0.4, -0.2) is 50.7 Å². The van der Waals surface area contributed by atoms with Crippen molar-refractivity contribution >= 4 is 21.7 Å². The molecule has 8 heteroatoms. The number of aromatic nitrogens is 2. The molecule has 0 saturated carbocycles. The zero-order valence-electron chi connectivity index (χ0n) is 16.7. The number of sulfonamides is 1. The Kier molecular flexibility index (Phi) is 6.78. The Morgan fingerprint density at radius 3 is 2.07 bits per heavy atom. The predicted molar refractivity (Wildman–Crippen MR) is 110 cm³/mol. The Hall–Kier alpha value is -2.19. The summed E-state index contributed by atoms with van der Waals surface area (Å²) in [6, 6.07) is 10.2. The molecule has 2 aromatic rings. The third-order valence-corrected chi connectivity index (χ3v) is 5.39. The molecule has 0 atom stereocenters. The largest absolute Gasteiger partial charge is 0.369 e. The van der Waals surface area contributed by atoms with Crippen molar-refractivity contribution in [3.63, 3.8) is 0 Å². The minimum absolute atomic E-state index is 0.0312. The Morgan fingerprint density at radius 1 is 0.963 bits per heavy atom. The molecule has 0 saturated heterocycles. The first-order chi connectivity index (χ1) is 12.6. The average Bonchev–Trinajstić information content (AvgIpc) is 2.59. The summed E-state index contributed by atoms with van der Waals surface area (Å²) < 4.78 is 27.5. The van der Waals surface area contributed by atoms with Crippen molar-refractivity contribution in [1.29, 1.82) is 0 Å². The molecule has 1 aromatic heterocycles. The topological polar surface area (TPSA) is 87.2 Å². The molecule has 0 aliphatic carbocycles. The molecule has 0 unspecified atom stereocenters. The smallest absolute Gasteiger partial charge is 0.263 e. The van der Waals surface area contributed by atoms with Crippen LogP contribution in [0.3, 0.4) is 0 Å². The van der Waals surface area contributed by atoms with Gasteiger partial charge in [0.15, 0.2) is 5.82 Å². The first kappa shape index (κ1) is 21.1. The molecule has 0 radical (unpaired) electrons. The molecule has 1 heterocycles. The van der Waals surface area contributed by atoms with Gasteiger partial charge in [0, 0.05) is 6.54 Å². The standard InChI is InChI=1S/C19H29N5O2S/c1-19(2,3)15-7-9-16(10-8-15)27(25,26)23-18-12-11-17(21-22-18)20-13-6-14-24(4)5/h7-12H,6,13-14H2,1-5H3,(H,20,21)(H,22,23). The first-order valence-corrected chi connectivity index (χ1v) is 10.4. The van der Waals surface area contributed by atoms with Gasteiger partial charge in [0.25, 0.3) is 10.0 Å². The quantitative estimate of drug-likeness (QED) is 0.673. The summed E-state index contributed by atoms with van der Waals surface area (Å²) in [6.07, 6.45) is 0.980.